The number of H-pyrrole nitrogens is 1. The minimum atomic E-state index is -0.917. The van der Waals surface area contributed by atoms with Crippen molar-refractivity contribution in [1.82, 2.24) is 20.0 Å². The fourth-order valence-electron chi connectivity index (χ4n) is 4.35. The molecule has 2 aliphatic rings. The number of aliphatic hydroxyl groups is 1. The molecule has 0 unspecified atom stereocenters. The standard InChI is InChI=1S/C26H31N5O2.2C2H6/c1-4-8-19(2)23-25-24(29-28-23)20(3)31(18-27-25)17-26(33)13-15-30(16-14-26)22(32)12-11-21-9-6-5-7-10-21;2*1-2/h4-10,18,33H,2-3,11-17H2,1H3,(H,28,29);2*1-2H3/b8-4-;;. The van der Waals surface area contributed by atoms with Crippen molar-refractivity contribution in [1.29, 1.82) is 0 Å². The van der Waals surface area contributed by atoms with E-state index in [-0.39, 0.29) is 5.91 Å². The van der Waals surface area contributed by atoms with Crippen molar-refractivity contribution in [2.75, 3.05) is 19.6 Å². The molecule has 1 aromatic heterocycles. The molecule has 1 amide bonds. The number of piperidine rings is 1. The molecule has 4 rings (SSSR count). The fourth-order valence-corrected chi connectivity index (χ4v) is 4.35. The van der Waals surface area contributed by atoms with Crippen LogP contribution in [0.4, 0.5) is 5.69 Å². The molecule has 0 bridgehead atoms. The van der Waals surface area contributed by atoms with Crippen LogP contribution in [0.15, 0.2) is 60.6 Å². The number of amides is 1. The Kier molecular flexibility index (Phi) is 11.5. The van der Waals surface area contributed by atoms with Gasteiger partial charge in [-0.2, -0.15) is 5.10 Å². The second-order valence-electron chi connectivity index (χ2n) is 8.73. The number of rotatable bonds is 7. The highest BCUT2D eigenvalue weighted by Gasteiger charge is 2.37. The first-order chi connectivity index (χ1) is 17.9. The molecular formula is C30H43N5O2. The van der Waals surface area contributed by atoms with Gasteiger partial charge in [0.05, 0.1) is 24.2 Å². The number of aromatic amines is 1. The van der Waals surface area contributed by atoms with Crippen LogP contribution in [0.1, 0.15) is 70.8 Å². The van der Waals surface area contributed by atoms with Gasteiger partial charge in [0.1, 0.15) is 17.1 Å². The summed E-state index contributed by atoms with van der Waals surface area (Å²) < 4.78 is 0. The molecule has 2 N–H and O–H groups in total. The molecule has 2 aliphatic heterocycles. The summed E-state index contributed by atoms with van der Waals surface area (Å²) in [4.78, 5) is 20.9. The number of fused-ring (bicyclic) bond motifs is 1. The van der Waals surface area contributed by atoms with E-state index >= 15 is 0 Å². The molecule has 0 aliphatic carbocycles. The average Bonchev–Trinajstić information content (AvgIpc) is 3.37. The summed E-state index contributed by atoms with van der Waals surface area (Å²) in [7, 11) is 0. The van der Waals surface area contributed by atoms with Crippen molar-refractivity contribution in [3.63, 3.8) is 0 Å². The van der Waals surface area contributed by atoms with Gasteiger partial charge in [-0.25, -0.2) is 4.99 Å². The molecular weight excluding hydrogens is 462 g/mol. The van der Waals surface area contributed by atoms with Gasteiger partial charge in [-0.15, -0.1) is 0 Å². The first-order valence-corrected chi connectivity index (χ1v) is 13.3. The molecule has 0 saturated carbocycles. The number of aryl methyl sites for hydroxylation is 1. The molecule has 1 saturated heterocycles. The average molecular weight is 506 g/mol. The van der Waals surface area contributed by atoms with E-state index in [1.807, 2.05) is 86.9 Å². The third kappa shape index (κ3) is 7.52. The Balaban J connectivity index is 0.00000115. The molecule has 7 nitrogen and oxygen atoms in total. The Morgan fingerprint density at radius 2 is 1.81 bits per heavy atom. The number of benzene rings is 1. The predicted octanol–water partition coefficient (Wildman–Crippen LogP) is 5.98. The Bertz CT molecular complexity index is 1090. The molecule has 200 valence electrons. The number of carbonyl (C=O) groups is 1. The lowest BCUT2D eigenvalue weighted by molar-refractivity contribution is -0.135. The smallest absolute Gasteiger partial charge is 0.222 e. The highest BCUT2D eigenvalue weighted by atomic mass is 16.3. The number of nitrogens with zero attached hydrogens (tertiary/aromatic N) is 4. The number of β-amino-alcohol motifs (C(OH)–C–C–N with tert-alkyl or cyclic N) is 1. The lowest BCUT2D eigenvalue weighted by Crippen LogP contribution is -2.51. The zero-order chi connectivity index (χ0) is 27.4. The summed E-state index contributed by atoms with van der Waals surface area (Å²) in [5, 5.41) is 18.6. The number of nitrogens with one attached hydrogen (secondary N) is 1. The Hall–Kier alpha value is -3.45. The number of aliphatic imine (C=N–C) groups is 1. The van der Waals surface area contributed by atoms with Crippen LogP contribution in [0, 0.1) is 0 Å². The number of carbonyl (C=O) groups excluding carboxylic acids is 1. The number of likely N-dealkylation sites (tertiary alicyclic amines) is 1. The second kappa shape index (κ2) is 14.3. The first-order valence-electron chi connectivity index (χ1n) is 13.3. The van der Waals surface area contributed by atoms with Gasteiger partial charge in [-0.3, -0.25) is 9.89 Å². The van der Waals surface area contributed by atoms with Gasteiger partial charge < -0.3 is 14.9 Å². The van der Waals surface area contributed by atoms with E-state index < -0.39 is 5.60 Å². The fraction of sp³-hybridized carbons (Fsp3) is 0.433. The van der Waals surface area contributed by atoms with Crippen molar-refractivity contribution < 1.29 is 9.90 Å². The van der Waals surface area contributed by atoms with Crippen LogP contribution in [0.3, 0.4) is 0 Å². The van der Waals surface area contributed by atoms with Gasteiger partial charge in [0.15, 0.2) is 0 Å². The summed E-state index contributed by atoms with van der Waals surface area (Å²) in [6.45, 7) is 19.6. The van der Waals surface area contributed by atoms with Gasteiger partial charge in [-0.05, 0) is 37.3 Å². The van der Waals surface area contributed by atoms with Crippen LogP contribution in [-0.4, -0.2) is 62.6 Å². The topological polar surface area (TPSA) is 84.8 Å². The third-order valence-corrected chi connectivity index (χ3v) is 6.36. The van der Waals surface area contributed by atoms with Gasteiger partial charge in [0.2, 0.25) is 5.91 Å². The van der Waals surface area contributed by atoms with E-state index in [0.717, 1.165) is 23.3 Å². The molecule has 37 heavy (non-hydrogen) atoms. The van der Waals surface area contributed by atoms with E-state index in [1.54, 1.807) is 6.34 Å². The number of aromatic nitrogens is 2. The molecule has 0 spiro atoms. The van der Waals surface area contributed by atoms with Crippen molar-refractivity contribution in [3.05, 3.63) is 72.6 Å². The lowest BCUT2D eigenvalue weighted by atomic mass is 9.90. The SMILES string of the molecule is C=C(/C=C\C)c1n[nH]c2c1N=CN(CC1(O)CCN(C(=O)CCc3ccccc3)CC1)C2=C.CC.CC. The zero-order valence-electron chi connectivity index (χ0n) is 23.1. The normalized spacial score (nSPS) is 15.9. The molecule has 3 heterocycles. The Labute approximate surface area is 222 Å². The zero-order valence-corrected chi connectivity index (χ0v) is 23.1. The van der Waals surface area contributed by atoms with E-state index in [0.29, 0.717) is 56.0 Å². The van der Waals surface area contributed by atoms with Crippen LogP contribution in [0.2, 0.25) is 0 Å². The van der Waals surface area contributed by atoms with Crippen molar-refractivity contribution in [2.45, 2.75) is 65.9 Å². The highest BCUT2D eigenvalue weighted by molar-refractivity contribution is 5.90. The predicted molar refractivity (Wildman–Crippen MR) is 155 cm³/mol. The van der Waals surface area contributed by atoms with Gasteiger partial charge >= 0.3 is 0 Å². The molecule has 0 atom stereocenters. The van der Waals surface area contributed by atoms with Crippen molar-refractivity contribution >= 4 is 29.2 Å². The number of hydrogen-bond donors (Lipinski definition) is 2. The quantitative estimate of drug-likeness (QED) is 0.453. The van der Waals surface area contributed by atoms with Gasteiger partial charge in [0.25, 0.3) is 0 Å². The molecule has 1 fully saturated rings. The van der Waals surface area contributed by atoms with Gasteiger partial charge in [-0.1, -0.05) is 83.3 Å². The van der Waals surface area contributed by atoms with E-state index in [9.17, 15) is 9.90 Å². The van der Waals surface area contributed by atoms with E-state index in [1.165, 1.54) is 0 Å². The van der Waals surface area contributed by atoms with Crippen LogP contribution in [0.25, 0.3) is 11.3 Å². The Morgan fingerprint density at radius 3 is 2.43 bits per heavy atom. The van der Waals surface area contributed by atoms with Crippen LogP contribution < -0.4 is 0 Å². The van der Waals surface area contributed by atoms with Crippen LogP contribution in [-0.2, 0) is 11.2 Å². The maximum Gasteiger partial charge on any atom is 0.222 e. The largest absolute Gasteiger partial charge is 0.388 e. The third-order valence-electron chi connectivity index (χ3n) is 6.36. The molecule has 0 radical (unpaired) electrons. The monoisotopic (exact) mass is 505 g/mol. The summed E-state index contributed by atoms with van der Waals surface area (Å²) >= 11 is 0. The number of hydrogen-bond acceptors (Lipinski definition) is 5. The Morgan fingerprint density at radius 1 is 1.16 bits per heavy atom. The van der Waals surface area contributed by atoms with Crippen LogP contribution >= 0.6 is 0 Å². The maximum atomic E-state index is 12.6. The molecule has 7 heteroatoms. The summed E-state index contributed by atoms with van der Waals surface area (Å²) in [5.74, 6) is 0.140. The summed E-state index contributed by atoms with van der Waals surface area (Å²) in [6, 6.07) is 10.0. The summed E-state index contributed by atoms with van der Waals surface area (Å²) in [5.41, 5.74) is 3.87. The van der Waals surface area contributed by atoms with Gasteiger partial charge in [0, 0.05) is 19.5 Å². The maximum absolute atomic E-state index is 12.6. The van der Waals surface area contributed by atoms with Crippen LogP contribution in [0.5, 0.6) is 0 Å². The minimum absolute atomic E-state index is 0.140. The summed E-state index contributed by atoms with van der Waals surface area (Å²) in [6.07, 6.45) is 7.74. The number of allylic oxidation sites excluding steroid dienone is 3. The highest BCUT2D eigenvalue weighted by Crippen LogP contribution is 2.36. The molecule has 2 aromatic rings. The van der Waals surface area contributed by atoms with Crippen molar-refractivity contribution in [2.24, 2.45) is 4.99 Å². The molecule has 1 aromatic carbocycles. The van der Waals surface area contributed by atoms with Crippen molar-refractivity contribution in [3.8, 4) is 0 Å². The first kappa shape index (κ1) is 29.8. The van der Waals surface area contributed by atoms with E-state index in [2.05, 4.69) is 28.3 Å². The minimum Gasteiger partial charge on any atom is -0.388 e. The van der Waals surface area contributed by atoms with E-state index in [4.69, 9.17) is 0 Å². The lowest BCUT2D eigenvalue weighted by Gasteiger charge is -2.41. The second-order valence-corrected chi connectivity index (χ2v) is 8.73.